The number of carbonyl (C=O) groups is 5. The Kier molecular flexibility index (Phi) is 10.7. The fourth-order valence-electron chi connectivity index (χ4n) is 2.25. The summed E-state index contributed by atoms with van der Waals surface area (Å²) in [6.45, 7) is 4.16. The van der Waals surface area contributed by atoms with Crippen molar-refractivity contribution in [3.63, 3.8) is 0 Å². The van der Waals surface area contributed by atoms with Gasteiger partial charge in [-0.25, -0.2) is 4.79 Å². The van der Waals surface area contributed by atoms with E-state index in [9.17, 15) is 29.1 Å². The number of aliphatic hydroxyl groups excluding tert-OH is 1. The topological polar surface area (TPSA) is 214 Å². The first-order valence-corrected chi connectivity index (χ1v) is 8.73. The van der Waals surface area contributed by atoms with Crippen molar-refractivity contribution < 1.29 is 34.2 Å². The Morgan fingerprint density at radius 2 is 1.50 bits per heavy atom. The summed E-state index contributed by atoms with van der Waals surface area (Å²) >= 11 is 0. The van der Waals surface area contributed by atoms with Gasteiger partial charge in [0.1, 0.15) is 12.1 Å². The van der Waals surface area contributed by atoms with Gasteiger partial charge in [-0.15, -0.1) is 0 Å². The molecule has 28 heavy (non-hydrogen) atoms. The van der Waals surface area contributed by atoms with E-state index >= 15 is 0 Å². The highest BCUT2D eigenvalue weighted by molar-refractivity contribution is 5.95. The molecule has 0 radical (unpaired) electrons. The van der Waals surface area contributed by atoms with Gasteiger partial charge < -0.3 is 37.6 Å². The van der Waals surface area contributed by atoms with Crippen LogP contribution in [0.1, 0.15) is 33.6 Å². The lowest BCUT2D eigenvalue weighted by Gasteiger charge is -2.28. The molecule has 0 heterocycles. The number of amides is 4. The number of hydrogen-bond acceptors (Lipinski definition) is 7. The van der Waals surface area contributed by atoms with Gasteiger partial charge in [0, 0.05) is 0 Å². The van der Waals surface area contributed by atoms with Crippen LogP contribution in [0, 0.1) is 5.92 Å². The Morgan fingerprint density at radius 3 is 1.89 bits per heavy atom. The summed E-state index contributed by atoms with van der Waals surface area (Å²) < 4.78 is 0. The van der Waals surface area contributed by atoms with Gasteiger partial charge in [0.15, 0.2) is 6.04 Å². The number of hydrogen-bond donors (Lipinski definition) is 7. The fraction of sp³-hybridized carbons (Fsp3) is 0.688. The largest absolute Gasteiger partial charge is 0.480 e. The third kappa shape index (κ3) is 8.31. The number of primary amides is 1. The van der Waals surface area contributed by atoms with Crippen molar-refractivity contribution in [1.82, 2.24) is 16.0 Å². The standard InChI is InChI=1S/C16H29N5O7/c1-4-7(2)12(15(26)21-13(8(3)22)16(27)28)20-14(25)9(5-10(18)23)19-11(24)6-17/h7-9,12-13,22H,4-6,17H2,1-3H3,(H2,18,23)(H,19,24)(H,20,25)(H,21,26)(H,27,28). The first kappa shape index (κ1) is 25.3. The van der Waals surface area contributed by atoms with E-state index in [1.807, 2.05) is 0 Å². The molecule has 0 aromatic heterocycles. The lowest BCUT2D eigenvalue weighted by Crippen LogP contribution is -2.59. The molecule has 4 amide bonds. The highest BCUT2D eigenvalue weighted by Crippen LogP contribution is 2.10. The monoisotopic (exact) mass is 403 g/mol. The van der Waals surface area contributed by atoms with Gasteiger partial charge in [-0.3, -0.25) is 19.2 Å². The molecule has 0 aromatic carbocycles. The van der Waals surface area contributed by atoms with Crippen LogP contribution in [0.25, 0.3) is 0 Å². The minimum atomic E-state index is -1.57. The summed E-state index contributed by atoms with van der Waals surface area (Å²) in [7, 11) is 0. The zero-order valence-corrected chi connectivity index (χ0v) is 16.1. The van der Waals surface area contributed by atoms with Crippen LogP contribution in [-0.4, -0.2) is 70.6 Å². The highest BCUT2D eigenvalue weighted by Gasteiger charge is 2.33. The van der Waals surface area contributed by atoms with Crippen molar-refractivity contribution >= 4 is 29.6 Å². The average Bonchev–Trinajstić information content (AvgIpc) is 2.61. The van der Waals surface area contributed by atoms with E-state index in [1.165, 1.54) is 6.92 Å². The maximum Gasteiger partial charge on any atom is 0.328 e. The van der Waals surface area contributed by atoms with Crippen LogP contribution in [-0.2, 0) is 24.0 Å². The van der Waals surface area contributed by atoms with Gasteiger partial charge >= 0.3 is 5.97 Å². The molecule has 0 aliphatic carbocycles. The van der Waals surface area contributed by atoms with Gasteiger partial charge in [0.05, 0.1) is 19.1 Å². The zero-order chi connectivity index (χ0) is 22.0. The van der Waals surface area contributed by atoms with E-state index in [4.69, 9.17) is 16.6 Å². The van der Waals surface area contributed by atoms with Crippen molar-refractivity contribution in [1.29, 1.82) is 0 Å². The molecule has 0 rings (SSSR count). The minimum absolute atomic E-state index is 0.424. The third-order valence-electron chi connectivity index (χ3n) is 4.08. The number of nitrogens with two attached hydrogens (primary N) is 2. The van der Waals surface area contributed by atoms with Crippen LogP contribution < -0.4 is 27.4 Å². The summed E-state index contributed by atoms with van der Waals surface area (Å²) in [5.74, 6) is -5.12. The Morgan fingerprint density at radius 1 is 0.964 bits per heavy atom. The molecule has 0 fully saturated rings. The predicted molar refractivity (Wildman–Crippen MR) is 97.4 cm³/mol. The van der Waals surface area contributed by atoms with Crippen LogP contribution >= 0.6 is 0 Å². The molecule has 0 aliphatic heterocycles. The molecule has 0 aliphatic rings. The van der Waals surface area contributed by atoms with Gasteiger partial charge in [-0.1, -0.05) is 20.3 Å². The number of carbonyl (C=O) groups excluding carboxylic acids is 4. The van der Waals surface area contributed by atoms with Crippen molar-refractivity contribution in [2.75, 3.05) is 6.54 Å². The van der Waals surface area contributed by atoms with Gasteiger partial charge in [0.25, 0.3) is 0 Å². The lowest BCUT2D eigenvalue weighted by atomic mass is 9.97. The SMILES string of the molecule is CCC(C)C(NC(=O)C(CC(N)=O)NC(=O)CN)C(=O)NC(C(=O)O)C(C)O. The van der Waals surface area contributed by atoms with Crippen LogP contribution in [0.5, 0.6) is 0 Å². The van der Waals surface area contributed by atoms with Crippen LogP contribution in [0.3, 0.4) is 0 Å². The highest BCUT2D eigenvalue weighted by atomic mass is 16.4. The van der Waals surface area contributed by atoms with E-state index in [0.717, 1.165) is 0 Å². The zero-order valence-electron chi connectivity index (χ0n) is 16.1. The number of carboxylic acids is 1. The summed E-state index contributed by atoms with van der Waals surface area (Å²) in [6.07, 6.45) is -1.45. The lowest BCUT2D eigenvalue weighted by molar-refractivity contribution is -0.145. The van der Waals surface area contributed by atoms with E-state index in [0.29, 0.717) is 6.42 Å². The molecule has 160 valence electrons. The van der Waals surface area contributed by atoms with E-state index < -0.39 is 72.7 Å². The Hall–Kier alpha value is -2.73. The number of aliphatic carboxylic acids is 1. The number of carboxylic acid groups (broad SMARTS) is 1. The summed E-state index contributed by atoms with van der Waals surface area (Å²) in [5.41, 5.74) is 10.3. The molecule has 0 spiro atoms. The average molecular weight is 403 g/mol. The van der Waals surface area contributed by atoms with E-state index in [2.05, 4.69) is 16.0 Å². The van der Waals surface area contributed by atoms with Crippen molar-refractivity contribution in [2.24, 2.45) is 17.4 Å². The molecule has 0 saturated carbocycles. The molecule has 12 heteroatoms. The Labute approximate surface area is 162 Å². The molecular formula is C16H29N5O7. The predicted octanol–water partition coefficient (Wildman–Crippen LogP) is -3.21. The second kappa shape index (κ2) is 11.9. The third-order valence-corrected chi connectivity index (χ3v) is 4.08. The first-order chi connectivity index (χ1) is 12.9. The van der Waals surface area contributed by atoms with Gasteiger partial charge in [-0.05, 0) is 12.8 Å². The molecule has 5 atom stereocenters. The maximum absolute atomic E-state index is 12.5. The molecule has 5 unspecified atom stereocenters. The summed E-state index contributed by atoms with van der Waals surface area (Å²) in [6, 6.07) is -4.10. The Balaban J connectivity index is 5.45. The quantitative estimate of drug-likeness (QED) is 0.175. The van der Waals surface area contributed by atoms with Crippen molar-refractivity contribution in [3.05, 3.63) is 0 Å². The smallest absolute Gasteiger partial charge is 0.328 e. The van der Waals surface area contributed by atoms with Crippen molar-refractivity contribution in [3.8, 4) is 0 Å². The van der Waals surface area contributed by atoms with Gasteiger partial charge in [0.2, 0.25) is 23.6 Å². The van der Waals surface area contributed by atoms with Crippen LogP contribution in [0.2, 0.25) is 0 Å². The number of nitrogens with one attached hydrogen (secondary N) is 3. The summed E-state index contributed by atoms with van der Waals surface area (Å²) in [5, 5.41) is 25.4. The molecule has 9 N–H and O–H groups in total. The maximum atomic E-state index is 12.5. The number of rotatable bonds is 12. The molecule has 12 nitrogen and oxygen atoms in total. The minimum Gasteiger partial charge on any atom is -0.480 e. The first-order valence-electron chi connectivity index (χ1n) is 8.73. The van der Waals surface area contributed by atoms with E-state index in [-0.39, 0.29) is 0 Å². The second-order valence-corrected chi connectivity index (χ2v) is 6.43. The molecular weight excluding hydrogens is 374 g/mol. The van der Waals surface area contributed by atoms with E-state index in [1.54, 1.807) is 13.8 Å². The van der Waals surface area contributed by atoms with Crippen molar-refractivity contribution in [2.45, 2.75) is 57.8 Å². The molecule has 0 aromatic rings. The van der Waals surface area contributed by atoms with Gasteiger partial charge in [-0.2, -0.15) is 0 Å². The second-order valence-electron chi connectivity index (χ2n) is 6.43. The fourth-order valence-corrected chi connectivity index (χ4v) is 2.25. The Bertz CT molecular complexity index is 596. The number of aliphatic hydroxyl groups is 1. The normalized spacial score (nSPS) is 16.0. The van der Waals surface area contributed by atoms with Crippen LogP contribution in [0.15, 0.2) is 0 Å². The molecule has 0 saturated heterocycles. The molecule has 0 bridgehead atoms. The van der Waals surface area contributed by atoms with Crippen LogP contribution in [0.4, 0.5) is 0 Å². The summed E-state index contributed by atoms with van der Waals surface area (Å²) in [4.78, 5) is 58.8.